The summed E-state index contributed by atoms with van der Waals surface area (Å²) in [7, 11) is 0. The van der Waals surface area contributed by atoms with E-state index >= 15 is 0 Å². The molecule has 3 saturated heterocycles. The average Bonchev–Trinajstić information content (AvgIpc) is 1.59. The molecule has 27 heteroatoms. The average molecular weight is 1300 g/mol. The number of amides is 10. The van der Waals surface area contributed by atoms with Crippen LogP contribution >= 0.6 is 0 Å². The minimum atomic E-state index is -1.32. The van der Waals surface area contributed by atoms with Crippen molar-refractivity contribution in [2.75, 3.05) is 32.7 Å². The minimum absolute atomic E-state index is 0.00702. The lowest BCUT2D eigenvalue weighted by Crippen LogP contribution is -2.57. The van der Waals surface area contributed by atoms with Gasteiger partial charge in [-0.15, -0.1) is 0 Å². The number of fused-ring (bicyclic) bond motifs is 10. The first-order chi connectivity index (χ1) is 44.7. The predicted octanol–water partition coefficient (Wildman–Crippen LogP) is 0.730. The third kappa shape index (κ3) is 19.6. The number of ketones is 5. The number of hydrogen-bond donors (Lipinski definition) is 8. The van der Waals surface area contributed by atoms with Crippen molar-refractivity contribution in [2.45, 2.75) is 168 Å². The van der Waals surface area contributed by atoms with E-state index in [1.807, 2.05) is 24.3 Å². The van der Waals surface area contributed by atoms with Crippen LogP contribution in [0.25, 0.3) is 0 Å². The molecular weight excluding hydrogens is 1210 g/mol. The number of rotatable bonds is 29. The molecule has 7 aliphatic rings. The van der Waals surface area contributed by atoms with Crippen molar-refractivity contribution < 1.29 is 71.9 Å². The molecule has 3 aliphatic heterocycles. The van der Waals surface area contributed by atoms with E-state index in [0.717, 1.165) is 17.7 Å². The maximum Gasteiger partial charge on any atom is 0.243 e. The maximum absolute atomic E-state index is 14.1. The van der Waals surface area contributed by atoms with Crippen LogP contribution in [0.15, 0.2) is 64.6 Å². The van der Waals surface area contributed by atoms with Gasteiger partial charge in [-0.25, -0.2) is 0 Å². The van der Waals surface area contributed by atoms with Gasteiger partial charge < -0.3 is 48.2 Å². The number of allylic oxidation sites excluding steroid dienone is 4. The molecule has 10 amide bonds. The third-order valence-corrected chi connectivity index (χ3v) is 18.5. The summed E-state index contributed by atoms with van der Waals surface area (Å²) in [6.45, 7) is 7.40. The fraction of sp³-hybridized carbons (Fsp3) is 0.597. The molecule has 508 valence electrons. The van der Waals surface area contributed by atoms with E-state index < -0.39 is 89.7 Å². The van der Waals surface area contributed by atoms with E-state index in [4.69, 9.17) is 11.5 Å². The van der Waals surface area contributed by atoms with Crippen molar-refractivity contribution in [3.05, 3.63) is 60.2 Å². The van der Waals surface area contributed by atoms with Crippen LogP contribution in [0.2, 0.25) is 0 Å². The van der Waals surface area contributed by atoms with Crippen LogP contribution < -0.4 is 43.4 Å². The number of aliphatic imine (C=N–C) groups is 2. The first-order valence-corrected chi connectivity index (χ1v) is 32.7. The summed E-state index contributed by atoms with van der Waals surface area (Å²) in [4.78, 5) is 205. The Morgan fingerprint density at radius 3 is 1.65 bits per heavy atom. The minimum Gasteiger partial charge on any atom is -0.388 e. The summed E-state index contributed by atoms with van der Waals surface area (Å²) in [5.74, 6) is -7.64. The van der Waals surface area contributed by atoms with Crippen molar-refractivity contribution in [3.8, 4) is 0 Å². The molecule has 27 nitrogen and oxygen atoms in total. The number of benzene rings is 1. The highest BCUT2D eigenvalue weighted by molar-refractivity contribution is 6.08. The van der Waals surface area contributed by atoms with Gasteiger partial charge in [0.05, 0.1) is 54.0 Å². The Bertz CT molecular complexity index is 3170. The lowest BCUT2D eigenvalue weighted by atomic mass is 9.85. The lowest BCUT2D eigenvalue weighted by molar-refractivity contribution is -0.142. The Hall–Kier alpha value is -8.91. The fourth-order valence-corrected chi connectivity index (χ4v) is 13.8. The molecule has 1 aromatic carbocycles. The van der Waals surface area contributed by atoms with Crippen LogP contribution in [-0.4, -0.2) is 172 Å². The van der Waals surface area contributed by atoms with Gasteiger partial charge in [0, 0.05) is 77.0 Å². The van der Waals surface area contributed by atoms with Crippen LogP contribution in [0.3, 0.4) is 0 Å². The molecule has 5 fully saturated rings. The molecule has 3 heterocycles. The fourth-order valence-electron chi connectivity index (χ4n) is 13.8. The summed E-state index contributed by atoms with van der Waals surface area (Å²) in [5.41, 5.74) is 11.9. The summed E-state index contributed by atoms with van der Waals surface area (Å²) >= 11 is 0. The van der Waals surface area contributed by atoms with Crippen LogP contribution in [0.5, 0.6) is 0 Å². The number of likely N-dealkylation sites (tertiary alicyclic amines) is 2. The number of unbranched alkanes of at least 4 members (excludes halogenated alkanes) is 1. The lowest BCUT2D eigenvalue weighted by Gasteiger charge is -2.26. The molecule has 10 N–H and O–H groups in total. The number of Topliss-reactive ketones (excluding diaryl/α,β-unsaturated/α-hetero) is 5. The van der Waals surface area contributed by atoms with Gasteiger partial charge in [0.2, 0.25) is 59.1 Å². The second-order valence-electron chi connectivity index (χ2n) is 25.9. The number of carbonyl (C=O) groups is 15. The highest BCUT2D eigenvalue weighted by atomic mass is 16.2. The van der Waals surface area contributed by atoms with E-state index in [9.17, 15) is 71.9 Å². The number of carbonyl (C=O) groups excluding carboxylic acids is 15. The van der Waals surface area contributed by atoms with Crippen molar-refractivity contribution in [1.82, 2.24) is 41.7 Å². The van der Waals surface area contributed by atoms with Gasteiger partial charge in [0.25, 0.3) is 0 Å². The molecule has 10 unspecified atom stereocenters. The van der Waals surface area contributed by atoms with Gasteiger partial charge >= 0.3 is 0 Å². The summed E-state index contributed by atoms with van der Waals surface area (Å²) in [6.07, 6.45) is 10.7. The SMILES string of the molecule is CC(=O)CC1NC(=O)CNC(=O)[C@H](CCCN=C(C)N)CC(=O)[C@H](CCCCN2C(=O)C3C4C=CC(C4)C3C2=O)NC(=O)[C@@H](Cc2ccccc2)NC1=O.CC(=O)CCC(=O)[C@H](CC(C)=O)NC(=O)C(CCCN=C(C)N)NC(=O)CCN1C(=O)C2C3C=CC(C3)C2C1=O. The van der Waals surface area contributed by atoms with Crippen molar-refractivity contribution in [1.29, 1.82) is 0 Å². The van der Waals surface area contributed by atoms with Gasteiger partial charge in [-0.1, -0.05) is 54.6 Å². The standard InChI is InChI=1S/C39H51N7O8.C28H39N5O7/c1-22(47)17-29-36(51)45-30(18-24-9-4-3-5-10-24)37(52)44-28(12-6-7-16-46-38(53)33-25-13-14-26(19-25)34(33)39(46)54)31(48)20-27(11-8-15-41-23(2)40)35(50)42-21-32(49)43-29;1-15(34)6-9-22(36)21(13-16(2)35)32-26(38)20(5-4-11-30-17(3)29)31-23(37)10-12-33-27(39)24-18-7-8-19(14-18)25(24)28(33)40/h3-5,9-10,13-14,25-30,33-34H,6-8,11-12,15-21H2,1-2H3,(H2,40,41)(H,42,50)(H,43,49)(H,44,52)(H,45,51);7-8,18-21,24-25H,4-6,9-14H2,1-3H3,(H2,29,30)(H,31,37)(H,32,38)/t25?,26?,27-,28+,29?,30-,33?,34?;18?,19?,20?,21-,24?,25?/m10/s1. The van der Waals surface area contributed by atoms with Crippen molar-refractivity contribution in [3.63, 3.8) is 0 Å². The Labute approximate surface area is 546 Å². The van der Waals surface area contributed by atoms with Crippen LogP contribution in [0.4, 0.5) is 0 Å². The van der Waals surface area contributed by atoms with Gasteiger partial charge in [-0.3, -0.25) is 86.9 Å². The van der Waals surface area contributed by atoms with Crippen molar-refractivity contribution >= 4 is 99.7 Å². The van der Waals surface area contributed by atoms with Gasteiger partial charge in [0.1, 0.15) is 35.5 Å². The van der Waals surface area contributed by atoms with Gasteiger partial charge in [0.15, 0.2) is 11.6 Å². The second kappa shape index (κ2) is 33.8. The largest absolute Gasteiger partial charge is 0.388 e. The Morgan fingerprint density at radius 1 is 0.564 bits per heavy atom. The number of hydrogen-bond acceptors (Lipinski definition) is 17. The number of imide groups is 2. The molecule has 14 atom stereocenters. The number of nitrogens with two attached hydrogens (primary N) is 2. The number of nitrogens with zero attached hydrogens (tertiary/aromatic N) is 4. The van der Waals surface area contributed by atoms with Crippen molar-refractivity contribution in [2.24, 2.45) is 74.7 Å². The van der Waals surface area contributed by atoms with Crippen LogP contribution in [0, 0.1) is 53.3 Å². The third-order valence-electron chi connectivity index (χ3n) is 18.5. The normalized spacial score (nSPS) is 27.3. The quantitative estimate of drug-likeness (QED) is 0.0180. The molecule has 94 heavy (non-hydrogen) atoms. The second-order valence-corrected chi connectivity index (χ2v) is 25.9. The van der Waals surface area contributed by atoms with Crippen LogP contribution in [-0.2, 0) is 78.3 Å². The molecule has 8 rings (SSSR count). The first-order valence-electron chi connectivity index (χ1n) is 32.7. The Kier molecular flexibility index (Phi) is 26.1. The van der Waals surface area contributed by atoms with Gasteiger partial charge in [-0.05, 0) is 122 Å². The molecule has 2 saturated carbocycles. The molecular formula is C67H90N12O15. The molecule has 4 aliphatic carbocycles. The zero-order valence-electron chi connectivity index (χ0n) is 54.2. The zero-order valence-corrected chi connectivity index (χ0v) is 54.2. The van der Waals surface area contributed by atoms with E-state index in [0.29, 0.717) is 56.0 Å². The van der Waals surface area contributed by atoms with Gasteiger partial charge in [-0.2, -0.15) is 0 Å². The Morgan fingerprint density at radius 2 is 1.11 bits per heavy atom. The van der Waals surface area contributed by atoms with Crippen LogP contribution in [0.1, 0.15) is 136 Å². The topological polar surface area (TPSA) is 411 Å². The number of amidine groups is 2. The molecule has 0 spiro atoms. The van der Waals surface area contributed by atoms with E-state index in [2.05, 4.69) is 41.9 Å². The first kappa shape index (κ1) is 72.5. The van der Waals surface area contributed by atoms with E-state index in [-0.39, 0.29) is 166 Å². The summed E-state index contributed by atoms with van der Waals surface area (Å²) < 4.78 is 0. The monoisotopic (exact) mass is 1300 g/mol. The smallest absolute Gasteiger partial charge is 0.243 e. The molecule has 4 bridgehead atoms. The highest BCUT2D eigenvalue weighted by Crippen LogP contribution is 2.53. The molecule has 1 aromatic rings. The number of nitrogens with one attached hydrogen (secondary N) is 6. The van der Waals surface area contributed by atoms with E-state index in [1.165, 1.54) is 25.7 Å². The molecule has 0 radical (unpaired) electrons. The predicted molar refractivity (Wildman–Crippen MR) is 342 cm³/mol. The summed E-state index contributed by atoms with van der Waals surface area (Å²) in [5, 5.41) is 15.8. The zero-order chi connectivity index (χ0) is 68.5. The highest BCUT2D eigenvalue weighted by Gasteiger charge is 2.60. The Balaban J connectivity index is 0.000000278. The molecule has 0 aromatic heterocycles. The summed E-state index contributed by atoms with van der Waals surface area (Å²) in [6, 6.07) is 3.15. The maximum atomic E-state index is 14.1. The van der Waals surface area contributed by atoms with E-state index in [1.54, 1.807) is 44.2 Å².